The van der Waals surface area contributed by atoms with Crippen LogP contribution in [0, 0.1) is 41.5 Å². The van der Waals surface area contributed by atoms with Gasteiger partial charge in [0.25, 0.3) is 10.0 Å². The minimum Gasteiger partial charge on any atom is -0.360 e. The standard InChI is InChI=1S/C15H20N2O3S/c1-8-7-14(16-20-8)17-21(18,19)15-12(5)10(3)9(2)11(4)13(15)6/h7H,1-6H3,(H,16,17). The molecule has 0 aliphatic heterocycles. The summed E-state index contributed by atoms with van der Waals surface area (Å²) in [6.07, 6.45) is 0. The number of rotatable bonds is 3. The number of aromatic nitrogens is 1. The molecule has 1 N–H and O–H groups in total. The van der Waals surface area contributed by atoms with Gasteiger partial charge in [0.1, 0.15) is 5.76 Å². The first-order valence-electron chi connectivity index (χ1n) is 6.68. The first-order valence-corrected chi connectivity index (χ1v) is 8.16. The van der Waals surface area contributed by atoms with E-state index in [1.807, 2.05) is 34.6 Å². The third kappa shape index (κ3) is 2.68. The molecule has 6 heteroatoms. The van der Waals surface area contributed by atoms with Gasteiger partial charge in [0.2, 0.25) is 0 Å². The van der Waals surface area contributed by atoms with E-state index in [0.717, 1.165) is 27.8 Å². The molecular formula is C15H20N2O3S. The molecule has 0 aliphatic rings. The smallest absolute Gasteiger partial charge is 0.263 e. The Bertz CT molecular complexity index is 776. The van der Waals surface area contributed by atoms with Gasteiger partial charge >= 0.3 is 0 Å². The topological polar surface area (TPSA) is 72.2 Å². The molecule has 0 aliphatic carbocycles. The van der Waals surface area contributed by atoms with Gasteiger partial charge in [0.05, 0.1) is 4.90 Å². The quantitative estimate of drug-likeness (QED) is 0.944. The van der Waals surface area contributed by atoms with Gasteiger partial charge in [0.15, 0.2) is 5.82 Å². The Balaban J connectivity index is 2.60. The number of anilines is 1. The lowest BCUT2D eigenvalue weighted by Gasteiger charge is -2.18. The van der Waals surface area contributed by atoms with E-state index in [1.165, 1.54) is 0 Å². The number of hydrogen-bond donors (Lipinski definition) is 1. The Morgan fingerprint density at radius 3 is 1.81 bits per heavy atom. The molecule has 0 spiro atoms. The van der Waals surface area contributed by atoms with Crippen molar-refractivity contribution in [2.75, 3.05) is 4.72 Å². The molecule has 0 fully saturated rings. The van der Waals surface area contributed by atoms with Crippen LogP contribution < -0.4 is 4.72 Å². The maximum atomic E-state index is 12.7. The number of sulfonamides is 1. The highest BCUT2D eigenvalue weighted by molar-refractivity contribution is 7.92. The number of nitrogens with one attached hydrogen (secondary N) is 1. The summed E-state index contributed by atoms with van der Waals surface area (Å²) in [4.78, 5) is 0.323. The van der Waals surface area contributed by atoms with Crippen molar-refractivity contribution in [2.45, 2.75) is 46.4 Å². The summed E-state index contributed by atoms with van der Waals surface area (Å²) < 4.78 is 32.7. The fraction of sp³-hybridized carbons (Fsp3) is 0.400. The molecule has 0 amide bonds. The zero-order valence-corrected chi connectivity index (χ0v) is 14.0. The van der Waals surface area contributed by atoms with Crippen LogP contribution in [0.3, 0.4) is 0 Å². The predicted molar refractivity (Wildman–Crippen MR) is 82.2 cm³/mol. The van der Waals surface area contributed by atoms with Gasteiger partial charge in [-0.15, -0.1) is 0 Å². The minimum atomic E-state index is -3.70. The van der Waals surface area contributed by atoms with Gasteiger partial charge in [-0.2, -0.15) is 0 Å². The minimum absolute atomic E-state index is 0.196. The summed E-state index contributed by atoms with van der Waals surface area (Å²) in [5.41, 5.74) is 4.65. The molecule has 1 aromatic carbocycles. The van der Waals surface area contributed by atoms with Gasteiger partial charge in [-0.05, 0) is 69.4 Å². The van der Waals surface area contributed by atoms with Gasteiger partial charge in [0, 0.05) is 6.07 Å². The Hall–Kier alpha value is -1.82. The Labute approximate surface area is 125 Å². The van der Waals surface area contributed by atoms with Crippen molar-refractivity contribution in [1.82, 2.24) is 5.16 Å². The predicted octanol–water partition coefficient (Wildman–Crippen LogP) is 3.33. The Morgan fingerprint density at radius 1 is 0.905 bits per heavy atom. The summed E-state index contributed by atoms with van der Waals surface area (Å²) in [5.74, 6) is 0.750. The normalized spacial score (nSPS) is 11.7. The van der Waals surface area contributed by atoms with Crippen LogP contribution >= 0.6 is 0 Å². The van der Waals surface area contributed by atoms with Gasteiger partial charge in [-0.1, -0.05) is 5.16 Å². The van der Waals surface area contributed by atoms with E-state index in [1.54, 1.807) is 13.0 Å². The highest BCUT2D eigenvalue weighted by Crippen LogP contribution is 2.30. The average molecular weight is 308 g/mol. The molecule has 1 heterocycles. The molecule has 0 bridgehead atoms. The van der Waals surface area contributed by atoms with E-state index in [-0.39, 0.29) is 5.82 Å². The highest BCUT2D eigenvalue weighted by atomic mass is 32.2. The molecule has 2 aromatic rings. The third-order valence-electron chi connectivity index (χ3n) is 4.07. The number of benzene rings is 1. The summed E-state index contributed by atoms with van der Waals surface area (Å²) in [6.45, 7) is 11.3. The average Bonchev–Trinajstić information content (AvgIpc) is 2.78. The second-order valence-corrected chi connectivity index (χ2v) is 7.00. The van der Waals surface area contributed by atoms with E-state index in [0.29, 0.717) is 10.7 Å². The van der Waals surface area contributed by atoms with Crippen LogP contribution in [0.1, 0.15) is 33.6 Å². The molecular weight excluding hydrogens is 288 g/mol. The van der Waals surface area contributed by atoms with Crippen molar-refractivity contribution >= 4 is 15.8 Å². The summed E-state index contributed by atoms with van der Waals surface area (Å²) in [6, 6.07) is 1.55. The van der Waals surface area contributed by atoms with Crippen molar-refractivity contribution in [1.29, 1.82) is 0 Å². The largest absolute Gasteiger partial charge is 0.360 e. The lowest BCUT2D eigenvalue weighted by molar-refractivity contribution is 0.400. The highest BCUT2D eigenvalue weighted by Gasteiger charge is 2.24. The molecule has 0 saturated heterocycles. The second kappa shape index (κ2) is 5.18. The van der Waals surface area contributed by atoms with Crippen molar-refractivity contribution in [3.05, 3.63) is 39.6 Å². The van der Waals surface area contributed by atoms with Crippen LogP contribution in [-0.2, 0) is 10.0 Å². The van der Waals surface area contributed by atoms with Crippen molar-refractivity contribution < 1.29 is 12.9 Å². The monoisotopic (exact) mass is 308 g/mol. The molecule has 2 rings (SSSR count). The van der Waals surface area contributed by atoms with Gasteiger partial charge in [-0.25, -0.2) is 8.42 Å². The molecule has 21 heavy (non-hydrogen) atoms. The molecule has 0 unspecified atom stereocenters. The van der Waals surface area contributed by atoms with E-state index in [9.17, 15) is 8.42 Å². The lowest BCUT2D eigenvalue weighted by Crippen LogP contribution is -2.17. The summed E-state index contributed by atoms with van der Waals surface area (Å²) >= 11 is 0. The van der Waals surface area contributed by atoms with Gasteiger partial charge in [-0.3, -0.25) is 4.72 Å². The fourth-order valence-electron chi connectivity index (χ4n) is 2.47. The molecule has 0 atom stereocenters. The Morgan fingerprint density at radius 2 is 1.38 bits per heavy atom. The molecule has 1 aromatic heterocycles. The maximum absolute atomic E-state index is 12.7. The van der Waals surface area contributed by atoms with Crippen LogP contribution in [-0.4, -0.2) is 13.6 Å². The van der Waals surface area contributed by atoms with Crippen molar-refractivity contribution in [3.63, 3.8) is 0 Å². The fourth-order valence-corrected chi connectivity index (χ4v) is 4.06. The van der Waals surface area contributed by atoms with Crippen LogP contribution in [0.25, 0.3) is 0 Å². The number of aryl methyl sites for hydroxylation is 1. The van der Waals surface area contributed by atoms with E-state index >= 15 is 0 Å². The summed E-state index contributed by atoms with van der Waals surface area (Å²) in [7, 11) is -3.70. The molecule has 0 radical (unpaired) electrons. The molecule has 114 valence electrons. The first-order chi connectivity index (χ1) is 9.65. The number of nitrogens with zero attached hydrogens (tertiary/aromatic N) is 1. The van der Waals surface area contributed by atoms with E-state index < -0.39 is 10.0 Å². The first kappa shape index (κ1) is 15.6. The second-order valence-electron chi connectivity index (χ2n) is 5.38. The molecule has 0 saturated carbocycles. The van der Waals surface area contributed by atoms with E-state index in [4.69, 9.17) is 4.52 Å². The Kier molecular flexibility index (Phi) is 3.84. The van der Waals surface area contributed by atoms with Crippen molar-refractivity contribution in [3.8, 4) is 0 Å². The van der Waals surface area contributed by atoms with Crippen LogP contribution in [0.2, 0.25) is 0 Å². The number of hydrogen-bond acceptors (Lipinski definition) is 4. The zero-order chi connectivity index (χ0) is 15.9. The third-order valence-corrected chi connectivity index (χ3v) is 5.69. The molecule has 5 nitrogen and oxygen atoms in total. The maximum Gasteiger partial charge on any atom is 0.263 e. The van der Waals surface area contributed by atoms with Gasteiger partial charge < -0.3 is 4.52 Å². The van der Waals surface area contributed by atoms with E-state index in [2.05, 4.69) is 9.88 Å². The lowest BCUT2D eigenvalue weighted by atomic mass is 9.95. The van der Waals surface area contributed by atoms with Crippen LogP contribution in [0.5, 0.6) is 0 Å². The SMILES string of the molecule is Cc1cc(NS(=O)(=O)c2c(C)c(C)c(C)c(C)c2C)no1. The van der Waals surface area contributed by atoms with Crippen molar-refractivity contribution in [2.24, 2.45) is 0 Å². The van der Waals surface area contributed by atoms with Crippen LogP contribution in [0.4, 0.5) is 5.82 Å². The zero-order valence-electron chi connectivity index (χ0n) is 13.2. The summed E-state index contributed by atoms with van der Waals surface area (Å²) in [5, 5.41) is 3.68. The van der Waals surface area contributed by atoms with Crippen LogP contribution in [0.15, 0.2) is 15.5 Å².